The van der Waals surface area contributed by atoms with Gasteiger partial charge in [0.05, 0.1) is 22.8 Å². The number of nitrogens with zero attached hydrogens (tertiary/aromatic N) is 3. The second-order valence-corrected chi connectivity index (χ2v) is 13.9. The summed E-state index contributed by atoms with van der Waals surface area (Å²) in [5.41, 5.74) is 13.4. The van der Waals surface area contributed by atoms with E-state index in [9.17, 15) is 0 Å². The molecule has 0 amide bonds. The van der Waals surface area contributed by atoms with Crippen LogP contribution in [0, 0.1) is 0 Å². The quantitative estimate of drug-likeness (QED) is 0.126. The van der Waals surface area contributed by atoms with Gasteiger partial charge in [0, 0.05) is 33.7 Å². The SMILES string of the molecule is c1ccc(-c2cccc(C3=NC(c4ccc(-c5c6ccccc6nc6c5ccc5ccccc56)cc4)=NC(c4cccc(-c5ccccc5)c4)C3)c2)cc1. The molecule has 2 heterocycles. The Morgan fingerprint density at radius 3 is 1.80 bits per heavy atom. The lowest BCUT2D eigenvalue weighted by Crippen LogP contribution is -2.17. The van der Waals surface area contributed by atoms with Gasteiger partial charge in [0.15, 0.2) is 5.84 Å². The molecule has 0 N–H and O–H groups in total. The normalized spacial score (nSPS) is 14.3. The van der Waals surface area contributed by atoms with E-state index in [-0.39, 0.29) is 6.04 Å². The van der Waals surface area contributed by atoms with Crippen LogP contribution < -0.4 is 0 Å². The molecule has 0 fully saturated rings. The molecule has 1 unspecified atom stereocenters. The first kappa shape index (κ1) is 31.7. The molecule has 3 heteroatoms. The van der Waals surface area contributed by atoms with E-state index in [2.05, 4.69) is 194 Å². The van der Waals surface area contributed by atoms with Crippen molar-refractivity contribution in [3.63, 3.8) is 0 Å². The van der Waals surface area contributed by atoms with E-state index in [1.54, 1.807) is 0 Å². The van der Waals surface area contributed by atoms with Crippen molar-refractivity contribution in [3.05, 3.63) is 211 Å². The minimum Gasteiger partial charge on any atom is -0.258 e. The number of aliphatic imine (C=N–C) groups is 2. The van der Waals surface area contributed by atoms with Gasteiger partial charge in [0.25, 0.3) is 0 Å². The van der Waals surface area contributed by atoms with E-state index >= 15 is 0 Å². The highest BCUT2D eigenvalue weighted by molar-refractivity contribution is 6.18. The summed E-state index contributed by atoms with van der Waals surface area (Å²) < 4.78 is 0. The van der Waals surface area contributed by atoms with E-state index < -0.39 is 0 Å². The van der Waals surface area contributed by atoms with Crippen LogP contribution >= 0.6 is 0 Å². The number of hydrogen-bond acceptors (Lipinski definition) is 3. The lowest BCUT2D eigenvalue weighted by Gasteiger charge is -2.22. The molecule has 0 spiro atoms. The van der Waals surface area contributed by atoms with Crippen molar-refractivity contribution in [1.82, 2.24) is 4.98 Å². The maximum Gasteiger partial charge on any atom is 0.155 e. The van der Waals surface area contributed by atoms with Gasteiger partial charge in [0.1, 0.15) is 0 Å². The van der Waals surface area contributed by atoms with Crippen LogP contribution in [0.15, 0.2) is 204 Å². The zero-order chi connectivity index (χ0) is 35.8. The molecule has 1 aromatic heterocycles. The number of amidine groups is 1. The third-order valence-corrected chi connectivity index (χ3v) is 10.6. The van der Waals surface area contributed by atoms with Crippen LogP contribution in [0.5, 0.6) is 0 Å². The predicted molar refractivity (Wildman–Crippen MR) is 226 cm³/mol. The van der Waals surface area contributed by atoms with Gasteiger partial charge in [-0.05, 0) is 62.5 Å². The minimum atomic E-state index is -0.0856. The lowest BCUT2D eigenvalue weighted by molar-refractivity contribution is 0.754. The highest BCUT2D eigenvalue weighted by Crippen LogP contribution is 2.38. The molecular formula is C51H35N3. The van der Waals surface area contributed by atoms with Crippen molar-refractivity contribution in [3.8, 4) is 33.4 Å². The summed E-state index contributed by atoms with van der Waals surface area (Å²) >= 11 is 0. The number of rotatable bonds is 6. The van der Waals surface area contributed by atoms with Gasteiger partial charge in [-0.25, -0.2) is 9.98 Å². The van der Waals surface area contributed by atoms with Gasteiger partial charge in [-0.3, -0.25) is 4.99 Å². The summed E-state index contributed by atoms with van der Waals surface area (Å²) in [6.07, 6.45) is 0.709. The zero-order valence-corrected chi connectivity index (χ0v) is 29.6. The van der Waals surface area contributed by atoms with E-state index in [1.165, 1.54) is 38.8 Å². The second kappa shape index (κ2) is 13.5. The number of hydrogen-bond donors (Lipinski definition) is 0. The van der Waals surface area contributed by atoms with Crippen molar-refractivity contribution in [2.24, 2.45) is 9.98 Å². The first-order valence-electron chi connectivity index (χ1n) is 18.5. The van der Waals surface area contributed by atoms with Crippen LogP contribution in [0.2, 0.25) is 0 Å². The van der Waals surface area contributed by atoms with Crippen LogP contribution in [-0.4, -0.2) is 16.5 Å². The molecule has 3 nitrogen and oxygen atoms in total. The van der Waals surface area contributed by atoms with Gasteiger partial charge in [-0.15, -0.1) is 0 Å². The molecule has 9 aromatic rings. The molecule has 1 aliphatic heterocycles. The fraction of sp³-hybridized carbons (Fsp3) is 0.0392. The Morgan fingerprint density at radius 1 is 0.407 bits per heavy atom. The van der Waals surface area contributed by atoms with Crippen LogP contribution in [0.1, 0.15) is 29.2 Å². The largest absolute Gasteiger partial charge is 0.258 e. The van der Waals surface area contributed by atoms with E-state index in [1.807, 2.05) is 0 Å². The molecule has 0 saturated heterocycles. The topological polar surface area (TPSA) is 37.6 Å². The molecule has 0 saturated carbocycles. The minimum absolute atomic E-state index is 0.0856. The van der Waals surface area contributed by atoms with Crippen molar-refractivity contribution >= 4 is 44.1 Å². The van der Waals surface area contributed by atoms with Crippen molar-refractivity contribution in [2.75, 3.05) is 0 Å². The Balaban J connectivity index is 1.09. The molecule has 0 bridgehead atoms. The molecular weight excluding hydrogens is 655 g/mol. The lowest BCUT2D eigenvalue weighted by atomic mass is 9.92. The van der Waals surface area contributed by atoms with E-state index in [0.29, 0.717) is 6.42 Å². The Kier molecular flexibility index (Phi) is 7.96. The zero-order valence-electron chi connectivity index (χ0n) is 29.6. The fourth-order valence-electron chi connectivity index (χ4n) is 7.88. The molecule has 0 radical (unpaired) electrons. The summed E-state index contributed by atoms with van der Waals surface area (Å²) in [6, 6.07) is 68.8. The summed E-state index contributed by atoms with van der Waals surface area (Å²) in [5, 5.41) is 4.64. The highest BCUT2D eigenvalue weighted by atomic mass is 15.0. The predicted octanol–water partition coefficient (Wildman–Crippen LogP) is 12.9. The van der Waals surface area contributed by atoms with Gasteiger partial charge < -0.3 is 0 Å². The third-order valence-electron chi connectivity index (χ3n) is 10.6. The summed E-state index contributed by atoms with van der Waals surface area (Å²) in [6.45, 7) is 0. The average molecular weight is 690 g/mol. The number of fused-ring (bicyclic) bond motifs is 4. The smallest absolute Gasteiger partial charge is 0.155 e. The van der Waals surface area contributed by atoms with Crippen LogP contribution in [0.3, 0.4) is 0 Å². The van der Waals surface area contributed by atoms with Crippen molar-refractivity contribution in [2.45, 2.75) is 12.5 Å². The summed E-state index contributed by atoms with van der Waals surface area (Å²) in [7, 11) is 0. The van der Waals surface area contributed by atoms with E-state index in [4.69, 9.17) is 15.0 Å². The number of para-hydroxylation sites is 1. The van der Waals surface area contributed by atoms with Crippen LogP contribution in [0.4, 0.5) is 0 Å². The molecule has 10 rings (SSSR count). The Labute approximate surface area is 314 Å². The van der Waals surface area contributed by atoms with Crippen LogP contribution in [-0.2, 0) is 0 Å². The van der Waals surface area contributed by atoms with Gasteiger partial charge in [0.2, 0.25) is 0 Å². The fourth-order valence-corrected chi connectivity index (χ4v) is 7.88. The maximum atomic E-state index is 5.37. The molecule has 254 valence electrons. The first-order valence-corrected chi connectivity index (χ1v) is 18.5. The number of pyridine rings is 1. The highest BCUT2D eigenvalue weighted by Gasteiger charge is 2.23. The Bertz CT molecular complexity index is 2890. The number of benzene rings is 8. The average Bonchev–Trinajstić information content (AvgIpc) is 3.26. The van der Waals surface area contributed by atoms with Gasteiger partial charge in [-0.2, -0.15) is 0 Å². The number of aromatic nitrogens is 1. The van der Waals surface area contributed by atoms with Crippen molar-refractivity contribution < 1.29 is 0 Å². The molecule has 54 heavy (non-hydrogen) atoms. The maximum absolute atomic E-state index is 5.37. The Morgan fingerprint density at radius 2 is 1.02 bits per heavy atom. The molecule has 0 aliphatic carbocycles. The first-order chi connectivity index (χ1) is 26.7. The molecule has 1 atom stereocenters. The third kappa shape index (κ3) is 5.86. The summed E-state index contributed by atoms with van der Waals surface area (Å²) in [5.74, 6) is 0.749. The molecule has 8 aromatic carbocycles. The standard InChI is InChI=1S/C51H35N3/c1-3-13-34(14-4-1)39-18-11-20-41(31-39)47-33-48(42-21-12-19-40(32-42)35-15-5-2-6-16-35)54-51(53-47)38-27-25-37(26-28-38)49-44-23-9-10-24-46(44)52-50-43-22-8-7-17-36(43)29-30-45(49)50/h1-32,47H,33H2. The monoisotopic (exact) mass is 689 g/mol. The van der Waals surface area contributed by atoms with Crippen LogP contribution in [0.25, 0.3) is 66.0 Å². The second-order valence-electron chi connectivity index (χ2n) is 13.9. The van der Waals surface area contributed by atoms with E-state index in [0.717, 1.165) is 55.4 Å². The molecule has 1 aliphatic rings. The van der Waals surface area contributed by atoms with Crippen molar-refractivity contribution in [1.29, 1.82) is 0 Å². The van der Waals surface area contributed by atoms with Gasteiger partial charge in [-0.1, -0.05) is 176 Å². The Hall–Kier alpha value is -6.97. The summed E-state index contributed by atoms with van der Waals surface area (Å²) in [4.78, 5) is 15.8. The van der Waals surface area contributed by atoms with Gasteiger partial charge >= 0.3 is 0 Å².